The molecule has 3 amide bonds. The molecule has 2 N–H and O–H groups in total. The summed E-state index contributed by atoms with van der Waals surface area (Å²) in [5.41, 5.74) is 4.90. The second kappa shape index (κ2) is 28.2. The van der Waals surface area contributed by atoms with Gasteiger partial charge in [-0.25, -0.2) is 9.78 Å². The van der Waals surface area contributed by atoms with Gasteiger partial charge in [-0.05, 0) is 106 Å². The lowest BCUT2D eigenvalue weighted by molar-refractivity contribution is -0.120. The van der Waals surface area contributed by atoms with Crippen molar-refractivity contribution in [1.82, 2.24) is 44.9 Å². The molecular weight excluding hydrogens is 1150 g/mol. The van der Waals surface area contributed by atoms with Crippen LogP contribution in [-0.4, -0.2) is 202 Å². The van der Waals surface area contributed by atoms with Crippen LogP contribution in [0.5, 0.6) is 11.8 Å². The summed E-state index contributed by atoms with van der Waals surface area (Å²) in [6, 6.07) is 21.2. The van der Waals surface area contributed by atoms with E-state index in [1.54, 1.807) is 42.3 Å². The molecule has 23 heteroatoms. The summed E-state index contributed by atoms with van der Waals surface area (Å²) in [5, 5.41) is 19.3. The fourth-order valence-corrected chi connectivity index (χ4v) is 14.8. The number of nitriles is 1. The summed E-state index contributed by atoms with van der Waals surface area (Å²) < 4.78 is 18.2. The third kappa shape index (κ3) is 14.3. The topological polar surface area (TPSA) is 204 Å². The maximum atomic E-state index is 13.5. The molecule has 0 unspecified atom stereocenters. The maximum Gasteiger partial charge on any atom is 0.410 e. The zero-order chi connectivity index (χ0) is 61.5. The van der Waals surface area contributed by atoms with Crippen LogP contribution in [0.1, 0.15) is 86.3 Å². The molecule has 5 aliphatic heterocycles. The van der Waals surface area contributed by atoms with Gasteiger partial charge in [0.25, 0.3) is 5.91 Å². The van der Waals surface area contributed by atoms with E-state index >= 15 is 0 Å². The Morgan fingerprint density at radius 1 is 0.852 bits per heavy atom. The van der Waals surface area contributed by atoms with Crippen molar-refractivity contribution < 1.29 is 28.6 Å². The molecule has 1 aliphatic carbocycles. The summed E-state index contributed by atoms with van der Waals surface area (Å²) in [5.74, 6) is 2.39. The average molecular weight is 1240 g/mol. The van der Waals surface area contributed by atoms with Crippen molar-refractivity contribution >= 4 is 83.0 Å². The Labute approximate surface area is 524 Å². The van der Waals surface area contributed by atoms with E-state index in [4.69, 9.17) is 40.8 Å². The minimum atomic E-state index is -1.40. The number of aromatic nitrogens is 4. The predicted octanol–water partition coefficient (Wildman–Crippen LogP) is 9.05. The minimum absolute atomic E-state index is 0.0721. The Morgan fingerprint density at radius 2 is 1.64 bits per heavy atom. The molecule has 6 aliphatic rings. The van der Waals surface area contributed by atoms with Crippen molar-refractivity contribution in [2.75, 3.05) is 137 Å². The van der Waals surface area contributed by atoms with E-state index in [1.165, 1.54) is 0 Å². The molecule has 11 rings (SSSR count). The average Bonchev–Trinajstić information content (AvgIpc) is 1.65. The molecule has 0 radical (unpaired) electrons. The number of benzene rings is 3. The Balaban J connectivity index is 0.659. The van der Waals surface area contributed by atoms with Crippen molar-refractivity contribution in [3.05, 3.63) is 82.6 Å². The summed E-state index contributed by atoms with van der Waals surface area (Å²) in [6.07, 6.45) is 10.5. The monoisotopic (exact) mass is 1240 g/mol. The number of nitrogens with one attached hydrogen (secondary N) is 2. The molecule has 7 heterocycles. The largest absolute Gasteiger partial charge is 0.495 e. The highest BCUT2D eigenvalue weighted by atomic mass is 35.5. The number of carbonyl (C=O) groups excluding carboxylic acids is 3. The number of amides is 3. The van der Waals surface area contributed by atoms with Crippen LogP contribution in [0.15, 0.2) is 60.8 Å². The van der Waals surface area contributed by atoms with Gasteiger partial charge in [0.1, 0.15) is 29.9 Å². The van der Waals surface area contributed by atoms with E-state index in [2.05, 4.69) is 102 Å². The van der Waals surface area contributed by atoms with Crippen LogP contribution in [-0.2, 0) is 22.5 Å². The number of likely N-dealkylation sites (tertiary alicyclic amines) is 1. The number of fused-ring (bicyclic) bond motifs is 3. The van der Waals surface area contributed by atoms with E-state index in [9.17, 15) is 19.6 Å². The first-order valence-corrected chi connectivity index (χ1v) is 36.1. The molecule has 0 spiro atoms. The standard InChI is InChI=1S/C65H88ClN15O6Si/c1-7-54-62(83)74(2)56-41-69-63(72-60(56)81(54)47-16-8-9-17-47)70-52-22-21-46(40-57(52)85-3)61(82)68-26-31-76-34-32-75(33-35-76)27-13-29-77-28-12-18-49(77)44-87-64-71-53-43-78(55-20-11-15-45-14-10-19-51(66)58(45)55)30-24-50(53)59(73-64)79-36-37-80(48(42-79)23-25-67)65(84)86-38-39-88(4,5)6/h10-11,14-15,19-22,40-41,47-49,54H,7-9,12-13,16-18,23-24,26-39,42-44H2,1-6H3,(H,68,82)(H,69,70,72)/t48-,49-,54+/m0/s1. The third-order valence-corrected chi connectivity index (χ3v) is 20.8. The summed E-state index contributed by atoms with van der Waals surface area (Å²) >= 11 is 6.87. The van der Waals surface area contributed by atoms with Gasteiger partial charge < -0.3 is 54.2 Å². The minimum Gasteiger partial charge on any atom is -0.495 e. The van der Waals surface area contributed by atoms with Crippen LogP contribution < -0.4 is 39.7 Å². The van der Waals surface area contributed by atoms with Gasteiger partial charge in [0.2, 0.25) is 11.9 Å². The summed E-state index contributed by atoms with van der Waals surface area (Å²) in [7, 11) is 1.98. The van der Waals surface area contributed by atoms with Gasteiger partial charge in [-0.2, -0.15) is 20.2 Å². The third-order valence-electron chi connectivity index (χ3n) is 18.7. The van der Waals surface area contributed by atoms with E-state index in [1.807, 2.05) is 18.2 Å². The molecule has 4 fully saturated rings. The molecule has 3 saturated heterocycles. The number of methoxy groups -OCH3 is 1. The molecule has 2 aromatic heterocycles. The van der Waals surface area contributed by atoms with Gasteiger partial charge in [0.05, 0.1) is 61.4 Å². The van der Waals surface area contributed by atoms with Crippen molar-refractivity contribution in [3.63, 3.8) is 0 Å². The van der Waals surface area contributed by atoms with E-state index in [0.29, 0.717) is 98.4 Å². The Kier molecular flexibility index (Phi) is 20.1. The van der Waals surface area contributed by atoms with Crippen molar-refractivity contribution in [1.29, 1.82) is 5.26 Å². The zero-order valence-corrected chi connectivity index (χ0v) is 54.1. The molecule has 0 bridgehead atoms. The molecule has 5 aromatic rings. The van der Waals surface area contributed by atoms with Crippen LogP contribution in [0.4, 0.5) is 39.4 Å². The predicted molar refractivity (Wildman–Crippen MR) is 349 cm³/mol. The van der Waals surface area contributed by atoms with Gasteiger partial charge in [-0.15, -0.1) is 0 Å². The van der Waals surface area contributed by atoms with Crippen molar-refractivity contribution in [2.45, 2.75) is 128 Å². The number of hydrogen-bond donors (Lipinski definition) is 2. The van der Waals surface area contributed by atoms with Gasteiger partial charge in [-0.3, -0.25) is 19.4 Å². The van der Waals surface area contributed by atoms with Gasteiger partial charge >= 0.3 is 12.1 Å². The lowest BCUT2D eigenvalue weighted by atomic mass is 10.0. The maximum absolute atomic E-state index is 13.5. The number of nitrogens with zero attached hydrogens (tertiary/aromatic N) is 13. The number of likely N-dealkylation sites (N-methyl/N-ethyl adjacent to an activating group) is 1. The highest BCUT2D eigenvalue weighted by Gasteiger charge is 2.42. The van der Waals surface area contributed by atoms with Crippen LogP contribution in [0, 0.1) is 11.3 Å². The van der Waals surface area contributed by atoms with Crippen LogP contribution in [0.3, 0.4) is 0 Å². The number of rotatable bonds is 22. The number of hydrogen-bond acceptors (Lipinski definition) is 18. The number of piperazine rings is 2. The number of ether oxygens (including phenoxy) is 3. The van der Waals surface area contributed by atoms with Crippen LogP contribution >= 0.6 is 11.6 Å². The lowest BCUT2D eigenvalue weighted by Crippen LogP contribution is -2.56. The first-order valence-electron chi connectivity index (χ1n) is 32.0. The molecule has 3 aromatic carbocycles. The van der Waals surface area contributed by atoms with E-state index in [-0.39, 0.29) is 48.5 Å². The van der Waals surface area contributed by atoms with Crippen LogP contribution in [0.25, 0.3) is 10.8 Å². The summed E-state index contributed by atoms with van der Waals surface area (Å²) in [4.78, 5) is 78.0. The SMILES string of the molecule is CC[C@@H]1C(=O)N(C)c2cnc(Nc3ccc(C(=O)NCCN4CCN(CCCN5CCC[C@H]5COc5nc6c(c(N7CCN(C(=O)OCC[Si](C)(C)C)[C@@H](CC#N)C7)n5)CCN(c5cccc7cccc(Cl)c57)C6)CC4)cc3OC)nc2N1C1CCCC1. The Bertz CT molecular complexity index is 3330. The highest BCUT2D eigenvalue weighted by molar-refractivity contribution is 6.76. The normalized spacial score (nSPS) is 20.5. The Hall–Kier alpha value is -7.03. The molecule has 1 saturated carbocycles. The van der Waals surface area contributed by atoms with Crippen LogP contribution in [0.2, 0.25) is 30.7 Å². The molecule has 470 valence electrons. The van der Waals surface area contributed by atoms with Crippen molar-refractivity contribution in [2.24, 2.45) is 0 Å². The molecule has 21 nitrogen and oxygen atoms in total. The Morgan fingerprint density at radius 3 is 2.40 bits per heavy atom. The number of anilines is 6. The van der Waals surface area contributed by atoms with Gasteiger partial charge in [0, 0.05) is 115 Å². The first kappa shape index (κ1) is 62.6. The van der Waals surface area contributed by atoms with Crippen molar-refractivity contribution in [3.8, 4) is 17.8 Å². The fourth-order valence-electron chi connectivity index (χ4n) is 13.8. The first-order chi connectivity index (χ1) is 42.7. The second-order valence-corrected chi connectivity index (χ2v) is 31.7. The molecule has 88 heavy (non-hydrogen) atoms. The zero-order valence-electron chi connectivity index (χ0n) is 52.3. The highest BCUT2D eigenvalue weighted by Crippen LogP contribution is 2.42. The smallest absolute Gasteiger partial charge is 0.410 e. The number of halogens is 1. The number of carbonyl (C=O) groups is 3. The quantitative estimate of drug-likeness (QED) is 0.0620. The lowest BCUT2D eigenvalue weighted by Gasteiger charge is -2.43. The van der Waals surface area contributed by atoms with Gasteiger partial charge in [0.15, 0.2) is 5.82 Å². The molecule has 3 atom stereocenters. The molecular formula is C65H88ClN15O6Si. The summed E-state index contributed by atoms with van der Waals surface area (Å²) in [6.45, 7) is 20.6. The van der Waals surface area contributed by atoms with E-state index < -0.39 is 8.07 Å². The fraction of sp³-hybridized carbons (Fsp3) is 0.569. The van der Waals surface area contributed by atoms with E-state index in [0.717, 1.165) is 149 Å². The van der Waals surface area contributed by atoms with Gasteiger partial charge in [-0.1, -0.05) is 75.3 Å². The second-order valence-electron chi connectivity index (χ2n) is 25.7.